The van der Waals surface area contributed by atoms with Crippen LogP contribution >= 0.6 is 11.3 Å². The third kappa shape index (κ3) is 4.14. The van der Waals surface area contributed by atoms with Gasteiger partial charge in [-0.2, -0.15) is 9.57 Å². The van der Waals surface area contributed by atoms with Crippen molar-refractivity contribution in [2.24, 2.45) is 0 Å². The summed E-state index contributed by atoms with van der Waals surface area (Å²) in [6, 6.07) is 9.30. The van der Waals surface area contributed by atoms with Crippen LogP contribution in [0.2, 0.25) is 0 Å². The molecule has 3 heterocycles. The highest BCUT2D eigenvalue weighted by Gasteiger charge is 2.33. The van der Waals surface area contributed by atoms with Gasteiger partial charge in [0.2, 0.25) is 10.0 Å². The first-order valence-corrected chi connectivity index (χ1v) is 12.4. The molecular formula is C21H24N4O3S2. The van der Waals surface area contributed by atoms with E-state index in [1.54, 1.807) is 17.5 Å². The van der Waals surface area contributed by atoms with Gasteiger partial charge in [-0.25, -0.2) is 8.42 Å². The lowest BCUT2D eigenvalue weighted by atomic mass is 9.96. The fourth-order valence-corrected chi connectivity index (χ4v) is 6.83. The van der Waals surface area contributed by atoms with Crippen molar-refractivity contribution >= 4 is 27.3 Å². The maximum Gasteiger partial charge on any atom is 0.262 e. The van der Waals surface area contributed by atoms with Gasteiger partial charge in [0.05, 0.1) is 11.6 Å². The van der Waals surface area contributed by atoms with E-state index in [1.807, 2.05) is 6.07 Å². The van der Waals surface area contributed by atoms with Crippen LogP contribution in [0.15, 0.2) is 34.5 Å². The average molecular weight is 445 g/mol. The third-order valence-corrected chi connectivity index (χ3v) is 8.66. The second kappa shape index (κ2) is 8.86. The van der Waals surface area contributed by atoms with Gasteiger partial charge in [0.1, 0.15) is 9.77 Å². The third-order valence-electron chi connectivity index (χ3n) is 5.73. The van der Waals surface area contributed by atoms with Gasteiger partial charge >= 0.3 is 0 Å². The van der Waals surface area contributed by atoms with Gasteiger partial charge in [-0.3, -0.25) is 4.79 Å². The molecule has 2 aliphatic rings. The number of nitrogens with one attached hydrogen (secondary N) is 2. The van der Waals surface area contributed by atoms with Crippen molar-refractivity contribution in [1.82, 2.24) is 14.9 Å². The van der Waals surface area contributed by atoms with Crippen molar-refractivity contribution in [3.8, 4) is 6.07 Å². The number of nitrogens with zero attached hydrogens (tertiary/aromatic N) is 2. The van der Waals surface area contributed by atoms with E-state index >= 15 is 0 Å². The van der Waals surface area contributed by atoms with Crippen molar-refractivity contribution < 1.29 is 13.2 Å². The summed E-state index contributed by atoms with van der Waals surface area (Å²) < 4.78 is 28.0. The minimum Gasteiger partial charge on any atom is -0.350 e. The Balaban J connectivity index is 1.51. The number of fused-ring (bicyclic) bond motifs is 1. The Kier molecular flexibility index (Phi) is 6.20. The predicted octanol–water partition coefficient (Wildman–Crippen LogP) is 2.24. The second-order valence-corrected chi connectivity index (χ2v) is 10.4. The van der Waals surface area contributed by atoms with Gasteiger partial charge in [0, 0.05) is 25.7 Å². The maximum atomic E-state index is 13.3. The van der Waals surface area contributed by atoms with Crippen molar-refractivity contribution in [2.75, 3.05) is 19.6 Å². The second-order valence-electron chi connectivity index (χ2n) is 7.61. The molecule has 9 heteroatoms. The quantitative estimate of drug-likeness (QED) is 0.736. The molecule has 30 heavy (non-hydrogen) atoms. The van der Waals surface area contributed by atoms with Crippen LogP contribution in [-0.2, 0) is 23.0 Å². The molecular weight excluding hydrogens is 420 g/mol. The molecule has 1 saturated heterocycles. The van der Waals surface area contributed by atoms with E-state index in [0.717, 1.165) is 48.3 Å². The largest absolute Gasteiger partial charge is 0.350 e. The number of piperidine rings is 1. The smallest absolute Gasteiger partial charge is 0.262 e. The van der Waals surface area contributed by atoms with E-state index in [0.29, 0.717) is 18.5 Å². The molecule has 0 bridgehead atoms. The summed E-state index contributed by atoms with van der Waals surface area (Å²) in [6.45, 7) is 1.93. The SMILES string of the molecule is N#Cc1cccc2c1CCN(S(=O)(=O)c1ccsc1C(=O)NC[C@H]1CCCCN1)C2. The Morgan fingerprint density at radius 2 is 2.20 bits per heavy atom. The first-order chi connectivity index (χ1) is 14.5. The van der Waals surface area contributed by atoms with Crippen molar-refractivity contribution in [3.05, 3.63) is 51.2 Å². The summed E-state index contributed by atoms with van der Waals surface area (Å²) in [7, 11) is -3.82. The Labute approximate surface area is 180 Å². The van der Waals surface area contributed by atoms with Crippen molar-refractivity contribution in [3.63, 3.8) is 0 Å². The monoisotopic (exact) mass is 444 g/mol. The molecule has 1 atom stereocenters. The van der Waals surface area contributed by atoms with E-state index in [-0.39, 0.29) is 34.8 Å². The molecule has 0 saturated carbocycles. The van der Waals surface area contributed by atoms with Crippen molar-refractivity contribution in [1.29, 1.82) is 5.26 Å². The molecule has 7 nitrogen and oxygen atoms in total. The molecule has 1 amide bonds. The van der Waals surface area contributed by atoms with Gasteiger partial charge < -0.3 is 10.6 Å². The molecule has 0 aliphatic carbocycles. The number of carbonyl (C=O) groups is 1. The highest BCUT2D eigenvalue weighted by atomic mass is 32.2. The Bertz CT molecular complexity index is 1080. The number of benzene rings is 1. The summed E-state index contributed by atoms with van der Waals surface area (Å²) in [5, 5.41) is 17.2. The van der Waals surface area contributed by atoms with Crippen LogP contribution in [0.5, 0.6) is 0 Å². The normalized spacial score (nSPS) is 19.6. The summed E-state index contributed by atoms with van der Waals surface area (Å²) in [5.41, 5.74) is 2.35. The molecule has 1 aromatic carbocycles. The summed E-state index contributed by atoms with van der Waals surface area (Å²) in [4.78, 5) is 13.0. The van der Waals surface area contributed by atoms with Crippen LogP contribution in [0.25, 0.3) is 0 Å². The van der Waals surface area contributed by atoms with Gasteiger partial charge in [-0.05, 0) is 54.4 Å². The zero-order valence-electron chi connectivity index (χ0n) is 16.6. The highest BCUT2D eigenvalue weighted by Crippen LogP contribution is 2.30. The summed E-state index contributed by atoms with van der Waals surface area (Å²) in [5.74, 6) is -0.347. The molecule has 158 valence electrons. The van der Waals surface area contributed by atoms with E-state index in [4.69, 9.17) is 0 Å². The molecule has 2 aromatic rings. The first kappa shape index (κ1) is 21.0. The lowest BCUT2D eigenvalue weighted by molar-refractivity contribution is 0.0948. The molecule has 0 spiro atoms. The number of amides is 1. The van der Waals surface area contributed by atoms with Gasteiger partial charge in [0.25, 0.3) is 5.91 Å². The van der Waals surface area contributed by atoms with Crippen LogP contribution < -0.4 is 10.6 Å². The van der Waals surface area contributed by atoms with Crippen LogP contribution in [-0.4, -0.2) is 44.3 Å². The van der Waals surface area contributed by atoms with Crippen LogP contribution in [0.3, 0.4) is 0 Å². The molecule has 1 aromatic heterocycles. The summed E-state index contributed by atoms with van der Waals surface area (Å²) >= 11 is 1.15. The standard InChI is InChI=1S/C21H24N4O3S2/c22-12-15-4-3-5-16-14-25(10-7-18(15)16)30(27,28)19-8-11-29-20(19)21(26)24-13-17-6-1-2-9-23-17/h3-5,8,11,17,23H,1-2,6-7,9-10,13-14H2,(H,24,26)/t17-/m1/s1. The lowest BCUT2D eigenvalue weighted by Gasteiger charge is -2.28. The number of hydrogen-bond donors (Lipinski definition) is 2. The van der Waals surface area contributed by atoms with Crippen molar-refractivity contribution in [2.45, 2.75) is 43.2 Å². The van der Waals surface area contributed by atoms with E-state index in [1.165, 1.54) is 10.4 Å². The highest BCUT2D eigenvalue weighted by molar-refractivity contribution is 7.89. The molecule has 1 fully saturated rings. The zero-order valence-corrected chi connectivity index (χ0v) is 18.2. The fourth-order valence-electron chi connectivity index (χ4n) is 4.09. The Morgan fingerprint density at radius 1 is 1.33 bits per heavy atom. The van der Waals surface area contributed by atoms with E-state index in [2.05, 4.69) is 16.7 Å². The van der Waals surface area contributed by atoms with Gasteiger partial charge in [0.15, 0.2) is 0 Å². The minimum atomic E-state index is -3.82. The number of sulfonamides is 1. The molecule has 2 N–H and O–H groups in total. The number of rotatable bonds is 5. The van der Waals surface area contributed by atoms with Gasteiger partial charge in [-0.15, -0.1) is 11.3 Å². The Morgan fingerprint density at radius 3 is 2.97 bits per heavy atom. The zero-order chi connectivity index (χ0) is 21.1. The number of thiophene rings is 1. The van der Waals surface area contributed by atoms with Crippen LogP contribution in [0.1, 0.15) is 45.6 Å². The maximum absolute atomic E-state index is 13.3. The molecule has 0 radical (unpaired) electrons. The van der Waals surface area contributed by atoms with E-state index in [9.17, 15) is 18.5 Å². The van der Waals surface area contributed by atoms with E-state index < -0.39 is 10.0 Å². The number of carbonyl (C=O) groups excluding carboxylic acids is 1. The lowest BCUT2D eigenvalue weighted by Crippen LogP contribution is -2.43. The number of hydrogen-bond acceptors (Lipinski definition) is 6. The topological polar surface area (TPSA) is 102 Å². The molecule has 4 rings (SSSR count). The first-order valence-electron chi connectivity index (χ1n) is 10.1. The van der Waals surface area contributed by atoms with Gasteiger partial charge in [-0.1, -0.05) is 18.6 Å². The summed E-state index contributed by atoms with van der Waals surface area (Å²) in [6.07, 6.45) is 3.77. The Hall–Kier alpha value is -2.25. The van der Waals surface area contributed by atoms with Crippen LogP contribution in [0.4, 0.5) is 0 Å². The average Bonchev–Trinajstić information content (AvgIpc) is 3.28. The number of nitriles is 1. The van der Waals surface area contributed by atoms with Crippen LogP contribution in [0, 0.1) is 11.3 Å². The molecule has 2 aliphatic heterocycles. The molecule has 0 unspecified atom stereocenters. The predicted molar refractivity (Wildman–Crippen MR) is 115 cm³/mol. The minimum absolute atomic E-state index is 0.0569. The fraction of sp³-hybridized carbons (Fsp3) is 0.429.